The number of thiazole rings is 1. The van der Waals surface area contributed by atoms with Gasteiger partial charge in [0.1, 0.15) is 0 Å². The molecular weight excluding hydrogens is 398 g/mol. The van der Waals surface area contributed by atoms with E-state index in [9.17, 15) is 4.79 Å². The van der Waals surface area contributed by atoms with Crippen molar-refractivity contribution in [2.24, 2.45) is 0 Å². The van der Waals surface area contributed by atoms with Gasteiger partial charge in [-0.25, -0.2) is 9.78 Å². The van der Waals surface area contributed by atoms with Gasteiger partial charge >= 0.3 is 5.97 Å². The molecule has 0 aliphatic carbocycles. The van der Waals surface area contributed by atoms with E-state index in [1.54, 1.807) is 17.4 Å². The summed E-state index contributed by atoms with van der Waals surface area (Å²) in [6.45, 7) is 13.5. The second-order valence-electron chi connectivity index (χ2n) is 7.54. The molecule has 0 bridgehead atoms. The lowest BCUT2D eigenvalue weighted by molar-refractivity contribution is 0.0377. The molecule has 0 radical (unpaired) electrons. The Labute approximate surface area is 181 Å². The van der Waals surface area contributed by atoms with Gasteiger partial charge in [-0.2, -0.15) is 0 Å². The molecule has 0 N–H and O–H groups in total. The van der Waals surface area contributed by atoms with Crippen molar-refractivity contribution in [3.05, 3.63) is 52.6 Å². The molecule has 0 saturated carbocycles. The molecule has 160 valence electrons. The summed E-state index contributed by atoms with van der Waals surface area (Å²) in [7, 11) is 2.11. The van der Waals surface area contributed by atoms with Gasteiger partial charge in [0, 0.05) is 41.4 Å². The fourth-order valence-corrected chi connectivity index (χ4v) is 3.83. The zero-order valence-corrected chi connectivity index (χ0v) is 18.9. The maximum Gasteiger partial charge on any atom is 0.338 e. The number of fused-ring (bicyclic) bond motifs is 1. The highest BCUT2D eigenvalue weighted by atomic mass is 32.1. The molecule has 30 heavy (non-hydrogen) atoms. The van der Waals surface area contributed by atoms with Crippen LogP contribution in [0, 0.1) is 6.92 Å². The van der Waals surface area contributed by atoms with E-state index in [1.807, 2.05) is 54.4 Å². The molecule has 0 spiro atoms. The van der Waals surface area contributed by atoms with Crippen LogP contribution in [0.2, 0.25) is 0 Å². The van der Waals surface area contributed by atoms with Gasteiger partial charge in [0.2, 0.25) is 0 Å². The lowest BCUT2D eigenvalue weighted by Gasteiger charge is -2.21. The van der Waals surface area contributed by atoms with Crippen LogP contribution in [0.1, 0.15) is 35.5 Å². The molecular formula is C23H29N3O3S. The average molecular weight is 428 g/mol. The Morgan fingerprint density at radius 1 is 1.33 bits per heavy atom. The van der Waals surface area contributed by atoms with E-state index < -0.39 is 0 Å². The number of morpholine rings is 1. The van der Waals surface area contributed by atoms with Crippen LogP contribution < -0.4 is 0 Å². The van der Waals surface area contributed by atoms with E-state index in [0.717, 1.165) is 54.3 Å². The molecule has 7 heteroatoms. The number of likely N-dealkylation sites (N-methyl/N-ethyl adjacent to an activating group) is 1. The van der Waals surface area contributed by atoms with Crippen molar-refractivity contribution in [2.45, 2.75) is 26.9 Å². The molecule has 0 amide bonds. The van der Waals surface area contributed by atoms with E-state index in [1.165, 1.54) is 0 Å². The number of nitrogens with zero attached hydrogens (tertiary/aromatic N) is 3. The fourth-order valence-electron chi connectivity index (χ4n) is 3.27. The second kappa shape index (κ2) is 10.0. The number of hydrogen-bond acceptors (Lipinski definition) is 6. The van der Waals surface area contributed by atoms with Gasteiger partial charge in [-0.1, -0.05) is 6.58 Å². The van der Waals surface area contributed by atoms with Crippen LogP contribution in [0.15, 0.2) is 35.8 Å². The SMILES string of the molecule is C=Cc1c(C)c(C(=O)OC(C)C)cc2cc(-c3cscn3)cn12.CN1CCOCC1. The standard InChI is InChI=1S/C18H18N2O2S.C5H11NO/c1-5-17-12(4)15(18(21)22-11(2)3)7-14-6-13(8-20(14)17)16-9-23-10-19-16;1-6-2-4-7-5-3-6/h5-11H,1H2,2-4H3;2-5H2,1H3. The third-order valence-corrected chi connectivity index (χ3v) is 5.49. The number of aromatic nitrogens is 2. The second-order valence-corrected chi connectivity index (χ2v) is 8.26. The van der Waals surface area contributed by atoms with Crippen LogP contribution in [0.4, 0.5) is 0 Å². The molecule has 6 nitrogen and oxygen atoms in total. The van der Waals surface area contributed by atoms with Gasteiger partial charge in [0.05, 0.1) is 36.1 Å². The lowest BCUT2D eigenvalue weighted by Crippen LogP contribution is -2.32. The molecule has 1 aliphatic rings. The topological polar surface area (TPSA) is 56.1 Å². The number of carbonyl (C=O) groups is 1. The van der Waals surface area contributed by atoms with Gasteiger partial charge < -0.3 is 18.8 Å². The van der Waals surface area contributed by atoms with Crippen LogP contribution in [-0.2, 0) is 9.47 Å². The van der Waals surface area contributed by atoms with E-state index in [2.05, 4.69) is 23.5 Å². The molecule has 0 aromatic carbocycles. The van der Waals surface area contributed by atoms with Crippen molar-refractivity contribution < 1.29 is 14.3 Å². The van der Waals surface area contributed by atoms with Crippen LogP contribution >= 0.6 is 11.3 Å². The monoisotopic (exact) mass is 427 g/mol. The Bertz CT molecular complexity index is 1000. The van der Waals surface area contributed by atoms with Gasteiger partial charge in [0.15, 0.2) is 0 Å². The van der Waals surface area contributed by atoms with Crippen LogP contribution in [0.3, 0.4) is 0 Å². The van der Waals surface area contributed by atoms with Crippen molar-refractivity contribution >= 4 is 28.9 Å². The van der Waals surface area contributed by atoms with Crippen molar-refractivity contribution in [3.63, 3.8) is 0 Å². The van der Waals surface area contributed by atoms with E-state index >= 15 is 0 Å². The summed E-state index contributed by atoms with van der Waals surface area (Å²) in [6.07, 6.45) is 3.63. The highest BCUT2D eigenvalue weighted by Gasteiger charge is 2.18. The third-order valence-electron chi connectivity index (χ3n) is 4.91. The number of esters is 1. The number of pyridine rings is 1. The zero-order chi connectivity index (χ0) is 21.7. The molecule has 3 aromatic heterocycles. The van der Waals surface area contributed by atoms with E-state index in [4.69, 9.17) is 9.47 Å². The minimum Gasteiger partial charge on any atom is -0.459 e. The summed E-state index contributed by atoms with van der Waals surface area (Å²) in [5.74, 6) is -0.306. The smallest absolute Gasteiger partial charge is 0.338 e. The molecule has 4 heterocycles. The van der Waals surface area contributed by atoms with Crippen molar-refractivity contribution in [3.8, 4) is 11.3 Å². The van der Waals surface area contributed by atoms with Gasteiger partial charge in [-0.05, 0) is 51.6 Å². The zero-order valence-electron chi connectivity index (χ0n) is 18.1. The number of hydrogen-bond donors (Lipinski definition) is 0. The number of ether oxygens (including phenoxy) is 2. The first-order chi connectivity index (χ1) is 14.4. The Balaban J connectivity index is 0.000000310. The molecule has 0 atom stereocenters. The van der Waals surface area contributed by atoms with Crippen LogP contribution in [-0.4, -0.2) is 59.7 Å². The highest BCUT2D eigenvalue weighted by Crippen LogP contribution is 2.27. The summed E-state index contributed by atoms with van der Waals surface area (Å²) < 4.78 is 12.5. The summed E-state index contributed by atoms with van der Waals surface area (Å²) in [5.41, 5.74) is 7.00. The lowest BCUT2D eigenvalue weighted by atomic mass is 10.1. The number of carbonyl (C=O) groups excluding carboxylic acids is 1. The Hall–Kier alpha value is -2.48. The molecule has 0 unspecified atom stereocenters. The molecule has 1 fully saturated rings. The largest absolute Gasteiger partial charge is 0.459 e. The van der Waals surface area contributed by atoms with Gasteiger partial charge in [0.25, 0.3) is 0 Å². The van der Waals surface area contributed by atoms with E-state index in [-0.39, 0.29) is 12.1 Å². The maximum atomic E-state index is 12.3. The average Bonchev–Trinajstić information content (AvgIpc) is 3.37. The van der Waals surface area contributed by atoms with Gasteiger partial charge in [-0.3, -0.25) is 0 Å². The summed E-state index contributed by atoms with van der Waals surface area (Å²) in [4.78, 5) is 19.0. The molecule has 1 saturated heterocycles. The summed E-state index contributed by atoms with van der Waals surface area (Å²) >= 11 is 1.56. The first-order valence-corrected chi connectivity index (χ1v) is 11.0. The molecule has 4 rings (SSSR count). The molecule has 1 aliphatic heterocycles. The Kier molecular flexibility index (Phi) is 7.42. The first-order valence-electron chi connectivity index (χ1n) is 10.0. The highest BCUT2D eigenvalue weighted by molar-refractivity contribution is 7.07. The number of rotatable bonds is 4. The first kappa shape index (κ1) is 22.2. The normalized spacial score (nSPS) is 14.4. The predicted molar refractivity (Wildman–Crippen MR) is 122 cm³/mol. The quantitative estimate of drug-likeness (QED) is 0.573. The predicted octanol–water partition coefficient (Wildman–Crippen LogP) is 4.53. The van der Waals surface area contributed by atoms with Crippen molar-refractivity contribution in [1.82, 2.24) is 14.3 Å². The van der Waals surface area contributed by atoms with Gasteiger partial charge in [-0.15, -0.1) is 11.3 Å². The van der Waals surface area contributed by atoms with E-state index in [0.29, 0.717) is 5.56 Å². The van der Waals surface area contributed by atoms with Crippen LogP contribution in [0.5, 0.6) is 0 Å². The fraction of sp³-hybridized carbons (Fsp3) is 0.391. The molecule has 3 aromatic rings. The van der Waals surface area contributed by atoms with Crippen LogP contribution in [0.25, 0.3) is 22.9 Å². The Morgan fingerprint density at radius 3 is 2.60 bits per heavy atom. The maximum absolute atomic E-state index is 12.3. The summed E-state index contributed by atoms with van der Waals surface area (Å²) in [5, 5.41) is 2.00. The van der Waals surface area contributed by atoms with Crippen molar-refractivity contribution in [1.29, 1.82) is 0 Å². The minimum absolute atomic E-state index is 0.150. The summed E-state index contributed by atoms with van der Waals surface area (Å²) in [6, 6.07) is 3.89. The third kappa shape index (κ3) is 5.16. The van der Waals surface area contributed by atoms with Crippen molar-refractivity contribution in [2.75, 3.05) is 33.4 Å². The Morgan fingerprint density at radius 2 is 2.07 bits per heavy atom. The minimum atomic E-state index is -0.306.